The molecule has 0 saturated carbocycles. The topological polar surface area (TPSA) is 143 Å². The standard InChI is InChI=1S/C24H23N3O2S.C2H7N.2H2O/c25-15-20-14-19(4-5-23(20)29-21-7-10-28-11-8-21)22-6-9-26-24(27-22)13-17-2-1-3-18(12-17)16-30;1-3-2;;/h1-6,9,12,14,21,30H,7-8,10-11,13,16H2;3H,1-2H3;2*1H2. The minimum Gasteiger partial charge on any atom is -0.489 e. The van der Waals surface area contributed by atoms with Gasteiger partial charge in [-0.15, -0.1) is 0 Å². The molecule has 0 amide bonds. The highest BCUT2D eigenvalue weighted by atomic mass is 32.1. The zero-order valence-electron chi connectivity index (χ0n) is 20.1. The summed E-state index contributed by atoms with van der Waals surface area (Å²) in [5, 5.41) is 12.4. The maximum Gasteiger partial charge on any atom is 0.137 e. The highest BCUT2D eigenvalue weighted by molar-refractivity contribution is 7.79. The smallest absolute Gasteiger partial charge is 0.137 e. The zero-order valence-corrected chi connectivity index (χ0v) is 21.0. The van der Waals surface area contributed by atoms with E-state index in [1.54, 1.807) is 6.20 Å². The Labute approximate surface area is 212 Å². The lowest BCUT2D eigenvalue weighted by molar-refractivity contribution is 0.0254. The first kappa shape index (κ1) is 30.0. The minimum atomic E-state index is 0. The van der Waals surface area contributed by atoms with Gasteiger partial charge in [0.2, 0.25) is 0 Å². The second kappa shape index (κ2) is 15.8. The molecule has 5 N–H and O–H groups in total. The molecule has 1 fully saturated rings. The van der Waals surface area contributed by atoms with E-state index in [2.05, 4.69) is 47.2 Å². The third-order valence-electron chi connectivity index (χ3n) is 5.10. The first-order valence-electron chi connectivity index (χ1n) is 11.0. The van der Waals surface area contributed by atoms with Crippen molar-refractivity contribution in [3.63, 3.8) is 0 Å². The third-order valence-corrected chi connectivity index (χ3v) is 5.46. The highest BCUT2D eigenvalue weighted by Gasteiger charge is 2.17. The van der Waals surface area contributed by atoms with E-state index in [4.69, 9.17) is 14.5 Å². The Morgan fingerprint density at radius 1 is 1.09 bits per heavy atom. The van der Waals surface area contributed by atoms with E-state index in [0.29, 0.717) is 36.7 Å². The average molecular weight is 499 g/mol. The van der Waals surface area contributed by atoms with Crippen molar-refractivity contribution in [1.82, 2.24) is 15.3 Å². The molecule has 9 heteroatoms. The van der Waals surface area contributed by atoms with Gasteiger partial charge in [-0.25, -0.2) is 9.97 Å². The molecule has 0 aliphatic carbocycles. The van der Waals surface area contributed by atoms with E-state index in [0.717, 1.165) is 35.5 Å². The first-order valence-corrected chi connectivity index (χ1v) is 11.7. The second-order valence-electron chi connectivity index (χ2n) is 7.77. The van der Waals surface area contributed by atoms with Crippen molar-refractivity contribution >= 4 is 12.6 Å². The van der Waals surface area contributed by atoms with Crippen LogP contribution in [0.3, 0.4) is 0 Å². The molecule has 0 spiro atoms. The van der Waals surface area contributed by atoms with Gasteiger partial charge in [-0.2, -0.15) is 17.9 Å². The summed E-state index contributed by atoms with van der Waals surface area (Å²) in [5.41, 5.74) is 4.50. The first-order chi connectivity index (χ1) is 16.2. The van der Waals surface area contributed by atoms with Gasteiger partial charge in [0.25, 0.3) is 0 Å². The molecule has 1 aliphatic rings. The summed E-state index contributed by atoms with van der Waals surface area (Å²) < 4.78 is 11.4. The number of ether oxygens (including phenoxy) is 2. The molecular weight excluding hydrogens is 464 g/mol. The van der Waals surface area contributed by atoms with Crippen LogP contribution in [0.15, 0.2) is 54.7 Å². The summed E-state index contributed by atoms with van der Waals surface area (Å²) in [5.74, 6) is 2.06. The van der Waals surface area contributed by atoms with Crippen molar-refractivity contribution in [3.8, 4) is 23.1 Å². The van der Waals surface area contributed by atoms with E-state index in [-0.39, 0.29) is 17.1 Å². The van der Waals surface area contributed by atoms with E-state index >= 15 is 0 Å². The molecule has 0 bridgehead atoms. The lowest BCUT2D eigenvalue weighted by Gasteiger charge is -2.23. The summed E-state index contributed by atoms with van der Waals surface area (Å²) in [6.07, 6.45) is 4.19. The molecular formula is C26H34N4O4S. The fraction of sp³-hybridized carbons (Fsp3) is 0.346. The number of hydrogen-bond acceptors (Lipinski definition) is 7. The van der Waals surface area contributed by atoms with Crippen molar-refractivity contribution in [2.24, 2.45) is 0 Å². The number of aromatic nitrogens is 2. The molecule has 4 rings (SSSR count). The van der Waals surface area contributed by atoms with Crippen molar-refractivity contribution in [2.45, 2.75) is 31.1 Å². The van der Waals surface area contributed by atoms with Crippen LogP contribution in [0.1, 0.15) is 35.4 Å². The number of nitrogens with zero attached hydrogens (tertiary/aromatic N) is 3. The van der Waals surface area contributed by atoms with Crippen molar-refractivity contribution in [2.75, 3.05) is 27.3 Å². The average Bonchev–Trinajstić information content (AvgIpc) is 2.86. The van der Waals surface area contributed by atoms with Gasteiger partial charge < -0.3 is 25.7 Å². The van der Waals surface area contributed by atoms with Crippen LogP contribution in [-0.4, -0.2) is 54.3 Å². The molecule has 0 atom stereocenters. The van der Waals surface area contributed by atoms with Gasteiger partial charge in [-0.3, -0.25) is 0 Å². The number of nitrogens with one attached hydrogen (secondary N) is 1. The van der Waals surface area contributed by atoms with E-state index in [1.807, 2.05) is 44.4 Å². The van der Waals surface area contributed by atoms with Crippen molar-refractivity contribution in [3.05, 3.63) is 77.2 Å². The van der Waals surface area contributed by atoms with Crippen LogP contribution in [0, 0.1) is 11.3 Å². The summed E-state index contributed by atoms with van der Waals surface area (Å²) in [4.78, 5) is 9.14. The van der Waals surface area contributed by atoms with Gasteiger partial charge in [0, 0.05) is 36.8 Å². The predicted octanol–water partition coefficient (Wildman–Crippen LogP) is 2.78. The highest BCUT2D eigenvalue weighted by Crippen LogP contribution is 2.27. The van der Waals surface area contributed by atoms with Gasteiger partial charge in [0.05, 0.1) is 24.5 Å². The molecule has 0 radical (unpaired) electrons. The molecule has 3 aromatic rings. The van der Waals surface area contributed by atoms with E-state index in [1.165, 1.54) is 5.56 Å². The molecule has 1 aliphatic heterocycles. The molecule has 8 nitrogen and oxygen atoms in total. The van der Waals surface area contributed by atoms with Crippen LogP contribution in [0.4, 0.5) is 0 Å². The number of hydrogen-bond donors (Lipinski definition) is 2. The van der Waals surface area contributed by atoms with Gasteiger partial charge in [-0.05, 0) is 49.5 Å². The molecule has 1 saturated heterocycles. The molecule has 2 aromatic carbocycles. The fourth-order valence-electron chi connectivity index (χ4n) is 3.52. The number of benzene rings is 2. The summed E-state index contributed by atoms with van der Waals surface area (Å²) >= 11 is 4.34. The fourth-order valence-corrected chi connectivity index (χ4v) is 3.72. The Morgan fingerprint density at radius 2 is 1.80 bits per heavy atom. The summed E-state index contributed by atoms with van der Waals surface area (Å²) in [6.45, 7) is 1.40. The maximum atomic E-state index is 9.62. The van der Waals surface area contributed by atoms with Crippen LogP contribution >= 0.6 is 12.6 Å². The SMILES string of the molecule is CNC.N#Cc1cc(-c2ccnc(Cc3cccc(CS)c3)n2)ccc1OC1CCOCC1.O.O. The number of rotatable bonds is 6. The molecule has 2 heterocycles. The maximum absolute atomic E-state index is 9.62. The molecule has 0 unspecified atom stereocenters. The van der Waals surface area contributed by atoms with Crippen LogP contribution in [0.2, 0.25) is 0 Å². The van der Waals surface area contributed by atoms with Crippen molar-refractivity contribution < 1.29 is 20.4 Å². The zero-order chi connectivity index (χ0) is 23.5. The van der Waals surface area contributed by atoms with Gasteiger partial charge in [0.15, 0.2) is 0 Å². The number of nitriles is 1. The van der Waals surface area contributed by atoms with Crippen LogP contribution in [-0.2, 0) is 16.9 Å². The van der Waals surface area contributed by atoms with E-state index in [9.17, 15) is 5.26 Å². The lowest BCUT2D eigenvalue weighted by atomic mass is 10.1. The van der Waals surface area contributed by atoms with Crippen LogP contribution in [0.5, 0.6) is 5.75 Å². The monoisotopic (exact) mass is 498 g/mol. The Balaban J connectivity index is 0.00000117. The molecule has 35 heavy (non-hydrogen) atoms. The van der Waals surface area contributed by atoms with E-state index < -0.39 is 0 Å². The Bertz CT molecular complexity index is 1080. The Kier molecular flexibility index (Phi) is 13.6. The van der Waals surface area contributed by atoms with Gasteiger partial charge in [-0.1, -0.05) is 24.3 Å². The predicted molar refractivity (Wildman–Crippen MR) is 141 cm³/mol. The summed E-state index contributed by atoms with van der Waals surface area (Å²) in [6, 6.07) is 18.0. The molecule has 1 aromatic heterocycles. The summed E-state index contributed by atoms with van der Waals surface area (Å²) in [7, 11) is 3.75. The van der Waals surface area contributed by atoms with Gasteiger partial charge >= 0.3 is 0 Å². The lowest BCUT2D eigenvalue weighted by Crippen LogP contribution is -2.26. The van der Waals surface area contributed by atoms with Crippen LogP contribution < -0.4 is 10.1 Å². The van der Waals surface area contributed by atoms with Crippen LogP contribution in [0.25, 0.3) is 11.3 Å². The second-order valence-corrected chi connectivity index (χ2v) is 8.08. The molecule has 188 valence electrons. The largest absolute Gasteiger partial charge is 0.489 e. The minimum absolute atomic E-state index is 0. The quantitative estimate of drug-likeness (QED) is 0.500. The van der Waals surface area contributed by atoms with Crippen molar-refractivity contribution in [1.29, 1.82) is 5.26 Å². The third kappa shape index (κ3) is 8.94. The Morgan fingerprint density at radius 3 is 2.49 bits per heavy atom. The Hall–Kier alpha value is -3.00. The number of thiol groups is 1. The van der Waals surface area contributed by atoms with Gasteiger partial charge in [0.1, 0.15) is 23.7 Å². The normalized spacial score (nSPS) is 12.7.